The van der Waals surface area contributed by atoms with E-state index in [1.165, 1.54) is 0 Å². The van der Waals surface area contributed by atoms with Crippen LogP contribution in [0, 0.1) is 0 Å². The fourth-order valence-electron chi connectivity index (χ4n) is 2.35. The molecular weight excluding hydrogens is 450 g/mol. The second kappa shape index (κ2) is 14.2. The van der Waals surface area contributed by atoms with Gasteiger partial charge in [0.25, 0.3) is 0 Å². The number of aliphatic hydroxyl groups excluding tert-OH is 1. The number of carboxylic acids is 2. The first-order valence-electron chi connectivity index (χ1n) is 9.48. The van der Waals surface area contributed by atoms with E-state index in [1.807, 2.05) is 0 Å². The number of aliphatic hydroxyl groups is 1. The van der Waals surface area contributed by atoms with E-state index < -0.39 is 65.8 Å². The van der Waals surface area contributed by atoms with Gasteiger partial charge in [-0.25, -0.2) is 4.79 Å². The largest absolute Gasteiger partial charge is 0.481 e. The van der Waals surface area contributed by atoms with E-state index in [0.717, 1.165) is 6.92 Å². The van der Waals surface area contributed by atoms with Gasteiger partial charge >= 0.3 is 11.9 Å². The molecule has 0 saturated carbocycles. The van der Waals surface area contributed by atoms with Crippen LogP contribution >= 0.6 is 12.6 Å². The summed E-state index contributed by atoms with van der Waals surface area (Å²) in [5.41, 5.74) is 10.7. The van der Waals surface area contributed by atoms with Crippen molar-refractivity contribution in [3.05, 3.63) is 0 Å². The number of hydrogen-bond donors (Lipinski definition) is 9. The van der Waals surface area contributed by atoms with Gasteiger partial charge in [-0.3, -0.25) is 24.0 Å². The minimum Gasteiger partial charge on any atom is -0.481 e. The van der Waals surface area contributed by atoms with Gasteiger partial charge in [0.15, 0.2) is 6.04 Å². The Labute approximate surface area is 188 Å². The Morgan fingerprint density at radius 1 is 0.875 bits per heavy atom. The molecule has 10 N–H and O–H groups in total. The number of primary amides is 1. The number of thiol groups is 1. The lowest BCUT2D eigenvalue weighted by Crippen LogP contribution is -2.58. The normalized spacial score (nSPS) is 15.4. The summed E-state index contributed by atoms with van der Waals surface area (Å²) in [5.74, 6) is -6.43. The molecule has 0 bridgehead atoms. The summed E-state index contributed by atoms with van der Waals surface area (Å²) in [6.07, 6.45) is -2.57. The van der Waals surface area contributed by atoms with Crippen LogP contribution in [0.25, 0.3) is 0 Å². The van der Waals surface area contributed by atoms with Crippen molar-refractivity contribution in [1.29, 1.82) is 0 Å². The highest BCUT2D eigenvalue weighted by atomic mass is 32.1. The topological polar surface area (TPSA) is 251 Å². The third kappa shape index (κ3) is 10.9. The lowest BCUT2D eigenvalue weighted by atomic mass is 10.1. The SMILES string of the molecule is CC(O)C(NC(=O)C(CS)NC(=O)C(CCC(N)=O)NC(=O)C(N)CCC(=O)O)C(=O)O. The zero-order chi connectivity index (χ0) is 25.0. The summed E-state index contributed by atoms with van der Waals surface area (Å²) in [4.78, 5) is 69.9. The molecule has 5 atom stereocenters. The van der Waals surface area contributed by atoms with Crippen molar-refractivity contribution in [2.75, 3.05) is 5.75 Å². The maximum absolute atomic E-state index is 12.6. The molecule has 0 fully saturated rings. The first-order valence-corrected chi connectivity index (χ1v) is 10.1. The summed E-state index contributed by atoms with van der Waals surface area (Å²) in [7, 11) is 0. The predicted molar refractivity (Wildman–Crippen MR) is 112 cm³/mol. The van der Waals surface area contributed by atoms with Gasteiger partial charge in [0.1, 0.15) is 12.1 Å². The molecule has 0 heterocycles. The number of nitrogens with one attached hydrogen (secondary N) is 3. The molecule has 0 saturated heterocycles. The van der Waals surface area contributed by atoms with Gasteiger partial charge in [-0.15, -0.1) is 0 Å². The van der Waals surface area contributed by atoms with Crippen LogP contribution in [0.5, 0.6) is 0 Å². The number of carbonyl (C=O) groups excluding carboxylic acids is 4. The molecule has 0 aromatic rings. The Hall–Kier alpha value is -2.91. The van der Waals surface area contributed by atoms with E-state index in [-0.39, 0.29) is 31.4 Å². The minimum absolute atomic E-state index is 0.205. The number of carbonyl (C=O) groups is 6. The molecule has 0 aliphatic carbocycles. The van der Waals surface area contributed by atoms with E-state index >= 15 is 0 Å². The van der Waals surface area contributed by atoms with Gasteiger partial charge in [0.2, 0.25) is 23.6 Å². The maximum atomic E-state index is 12.6. The van der Waals surface area contributed by atoms with Crippen LogP contribution in [0.3, 0.4) is 0 Å². The van der Waals surface area contributed by atoms with E-state index in [2.05, 4.69) is 28.6 Å². The van der Waals surface area contributed by atoms with E-state index in [9.17, 15) is 33.9 Å². The first-order chi connectivity index (χ1) is 14.8. The number of nitrogens with two attached hydrogens (primary N) is 2. The molecule has 0 radical (unpaired) electrons. The minimum atomic E-state index is -1.64. The molecule has 0 aromatic heterocycles. The van der Waals surface area contributed by atoms with Gasteiger partial charge in [-0.1, -0.05) is 0 Å². The Morgan fingerprint density at radius 2 is 1.41 bits per heavy atom. The van der Waals surface area contributed by atoms with Crippen LogP contribution < -0.4 is 27.4 Å². The highest BCUT2D eigenvalue weighted by Crippen LogP contribution is 2.03. The van der Waals surface area contributed by atoms with Crippen molar-refractivity contribution in [3.63, 3.8) is 0 Å². The number of carboxylic acid groups (broad SMARTS) is 2. The molecule has 4 amide bonds. The Morgan fingerprint density at radius 3 is 1.84 bits per heavy atom. The fourth-order valence-corrected chi connectivity index (χ4v) is 2.61. The summed E-state index contributed by atoms with van der Waals surface area (Å²) >= 11 is 3.94. The van der Waals surface area contributed by atoms with Crippen molar-refractivity contribution in [2.45, 2.75) is 62.9 Å². The van der Waals surface area contributed by atoms with Crippen molar-refractivity contribution >= 4 is 48.2 Å². The summed E-state index contributed by atoms with van der Waals surface area (Å²) in [6, 6.07) is -5.59. The van der Waals surface area contributed by atoms with E-state index in [0.29, 0.717) is 0 Å². The van der Waals surface area contributed by atoms with Crippen molar-refractivity contribution < 1.29 is 44.1 Å². The lowest BCUT2D eigenvalue weighted by molar-refractivity contribution is -0.145. The molecular formula is C17H29N5O9S. The van der Waals surface area contributed by atoms with Crippen LogP contribution in [0.15, 0.2) is 0 Å². The van der Waals surface area contributed by atoms with Crippen LogP contribution in [0.2, 0.25) is 0 Å². The predicted octanol–water partition coefficient (Wildman–Crippen LogP) is -3.71. The smallest absolute Gasteiger partial charge is 0.328 e. The summed E-state index contributed by atoms with van der Waals surface area (Å²) in [5, 5.41) is 33.8. The molecule has 0 aliphatic rings. The van der Waals surface area contributed by atoms with Crippen molar-refractivity contribution in [3.8, 4) is 0 Å². The van der Waals surface area contributed by atoms with E-state index in [4.69, 9.17) is 21.7 Å². The molecule has 5 unspecified atom stereocenters. The Kier molecular flexibility index (Phi) is 12.9. The highest BCUT2D eigenvalue weighted by molar-refractivity contribution is 7.80. The lowest BCUT2D eigenvalue weighted by Gasteiger charge is -2.25. The quantitative estimate of drug-likeness (QED) is 0.104. The number of hydrogen-bond acceptors (Lipinski definition) is 9. The standard InChI is InChI=1S/C17H29N5O9S/c1-7(23)13(17(30)31)22-16(29)10(6-32)21-15(28)9(3-4-11(19)24)20-14(27)8(18)2-5-12(25)26/h7-10,13,23,32H,2-6,18H2,1H3,(H2,19,24)(H,20,27)(H,21,28)(H,22,29)(H,25,26)(H,30,31). The molecule has 0 rings (SSSR count). The van der Waals surface area contributed by atoms with Gasteiger partial charge in [0.05, 0.1) is 12.1 Å². The van der Waals surface area contributed by atoms with Crippen molar-refractivity contribution in [1.82, 2.24) is 16.0 Å². The average Bonchev–Trinajstić information content (AvgIpc) is 2.69. The third-order valence-corrected chi connectivity index (χ3v) is 4.55. The van der Waals surface area contributed by atoms with Crippen LogP contribution in [0.1, 0.15) is 32.6 Å². The Bertz CT molecular complexity index is 719. The third-order valence-electron chi connectivity index (χ3n) is 4.18. The monoisotopic (exact) mass is 479 g/mol. The molecule has 15 heteroatoms. The molecule has 0 aromatic carbocycles. The van der Waals surface area contributed by atoms with Gasteiger partial charge in [-0.2, -0.15) is 12.6 Å². The molecule has 182 valence electrons. The second-order valence-corrected chi connectivity index (χ2v) is 7.28. The molecule has 0 aliphatic heterocycles. The van der Waals surface area contributed by atoms with Crippen molar-refractivity contribution in [2.24, 2.45) is 11.5 Å². The number of aliphatic carboxylic acids is 2. The average molecular weight is 480 g/mol. The Balaban J connectivity index is 5.29. The van der Waals surface area contributed by atoms with Crippen LogP contribution in [-0.4, -0.2) is 86.9 Å². The van der Waals surface area contributed by atoms with Gasteiger partial charge in [-0.05, 0) is 19.8 Å². The summed E-state index contributed by atoms with van der Waals surface area (Å²) in [6.45, 7) is 1.15. The molecule has 14 nitrogen and oxygen atoms in total. The van der Waals surface area contributed by atoms with Gasteiger partial charge in [0, 0.05) is 18.6 Å². The number of rotatable bonds is 15. The zero-order valence-electron chi connectivity index (χ0n) is 17.3. The van der Waals surface area contributed by atoms with Crippen LogP contribution in [-0.2, 0) is 28.8 Å². The summed E-state index contributed by atoms with van der Waals surface area (Å²) < 4.78 is 0. The number of amides is 4. The second-order valence-electron chi connectivity index (χ2n) is 6.91. The van der Waals surface area contributed by atoms with Gasteiger partial charge < -0.3 is 42.7 Å². The molecule has 32 heavy (non-hydrogen) atoms. The van der Waals surface area contributed by atoms with Crippen LogP contribution in [0.4, 0.5) is 0 Å². The first kappa shape index (κ1) is 29.1. The van der Waals surface area contributed by atoms with E-state index in [1.54, 1.807) is 0 Å². The maximum Gasteiger partial charge on any atom is 0.328 e. The molecule has 0 spiro atoms. The highest BCUT2D eigenvalue weighted by Gasteiger charge is 2.31. The fraction of sp³-hybridized carbons (Fsp3) is 0.647. The zero-order valence-corrected chi connectivity index (χ0v) is 18.2.